The quantitative estimate of drug-likeness (QED) is 0.426. The van der Waals surface area contributed by atoms with Gasteiger partial charge in [0.2, 0.25) is 0 Å². The van der Waals surface area contributed by atoms with Gasteiger partial charge < -0.3 is 5.11 Å². The number of aliphatic hydroxyl groups is 1. The van der Waals surface area contributed by atoms with Crippen LogP contribution < -0.4 is 0 Å². The van der Waals surface area contributed by atoms with Crippen molar-refractivity contribution >= 4 is 27.2 Å². The lowest BCUT2D eigenvalue weighted by molar-refractivity contribution is 0.166. The van der Waals surface area contributed by atoms with E-state index in [9.17, 15) is 5.11 Å². The maximum atomic E-state index is 10.3. The molecule has 0 spiro atoms. The van der Waals surface area contributed by atoms with Crippen LogP contribution in [0.5, 0.6) is 0 Å². The first-order valence-electron chi connectivity index (χ1n) is 9.70. The number of hydrogen-bond acceptors (Lipinski definition) is 5. The molecular weight excluding hydrogens is 382 g/mol. The third kappa shape index (κ3) is 3.12. The third-order valence-electron chi connectivity index (χ3n) is 5.19. The number of benzene rings is 1. The third-order valence-corrected chi connectivity index (χ3v) is 6.31. The SMILES string of the molecule is CCC[C@H](O)c1nc2ccc(-c3cnc4ccc(-c5cn[nH]c5C)cn34)cc2s1. The fourth-order valence-corrected chi connectivity index (χ4v) is 4.66. The van der Waals surface area contributed by atoms with E-state index in [0.29, 0.717) is 0 Å². The van der Waals surface area contributed by atoms with E-state index >= 15 is 0 Å². The van der Waals surface area contributed by atoms with Crippen LogP contribution in [0.2, 0.25) is 0 Å². The van der Waals surface area contributed by atoms with Gasteiger partial charge in [-0.2, -0.15) is 5.10 Å². The van der Waals surface area contributed by atoms with Crippen molar-refractivity contribution in [2.75, 3.05) is 0 Å². The standard InChI is InChI=1S/C22H21N5OS/c1-3-4-19(28)22-25-17-7-5-14(9-20(17)29-22)18-11-23-21-8-6-15(12-27(18)21)16-10-24-26-13(16)2/h5-12,19,28H,3-4H2,1-2H3,(H,24,26)/t19-/m0/s1. The largest absolute Gasteiger partial charge is 0.386 e. The molecule has 146 valence electrons. The maximum absolute atomic E-state index is 10.3. The van der Waals surface area contributed by atoms with Crippen LogP contribution in [0.4, 0.5) is 0 Å². The van der Waals surface area contributed by atoms with Gasteiger partial charge in [-0.25, -0.2) is 9.97 Å². The van der Waals surface area contributed by atoms with Crippen molar-refractivity contribution in [3.8, 4) is 22.4 Å². The van der Waals surface area contributed by atoms with Gasteiger partial charge >= 0.3 is 0 Å². The second kappa shape index (κ2) is 7.09. The molecular formula is C22H21N5OS. The number of aryl methyl sites for hydroxylation is 1. The Bertz CT molecular complexity index is 1320. The number of imidazole rings is 1. The van der Waals surface area contributed by atoms with Gasteiger partial charge in [-0.3, -0.25) is 9.50 Å². The number of H-pyrrole nitrogens is 1. The molecule has 0 saturated carbocycles. The van der Waals surface area contributed by atoms with Gasteiger partial charge in [-0.05, 0) is 37.6 Å². The molecule has 5 aromatic rings. The Hall–Kier alpha value is -3.03. The van der Waals surface area contributed by atoms with Crippen LogP contribution in [0.15, 0.2) is 48.9 Å². The van der Waals surface area contributed by atoms with E-state index in [1.165, 1.54) is 0 Å². The maximum Gasteiger partial charge on any atom is 0.137 e. The molecule has 0 unspecified atom stereocenters. The van der Waals surface area contributed by atoms with Gasteiger partial charge in [-0.15, -0.1) is 11.3 Å². The Morgan fingerprint density at radius 1 is 1.17 bits per heavy atom. The Balaban J connectivity index is 1.59. The number of thiazole rings is 1. The summed E-state index contributed by atoms with van der Waals surface area (Å²) < 4.78 is 3.18. The highest BCUT2D eigenvalue weighted by atomic mass is 32.1. The van der Waals surface area contributed by atoms with Gasteiger partial charge in [0.15, 0.2) is 0 Å². The molecule has 7 heteroatoms. The topological polar surface area (TPSA) is 79.1 Å². The number of fused-ring (bicyclic) bond motifs is 2. The van der Waals surface area contributed by atoms with Gasteiger partial charge in [0.25, 0.3) is 0 Å². The zero-order chi connectivity index (χ0) is 20.0. The fraction of sp³-hybridized carbons (Fsp3) is 0.227. The number of pyridine rings is 1. The average molecular weight is 404 g/mol. The van der Waals surface area contributed by atoms with Crippen molar-refractivity contribution in [3.05, 3.63) is 59.6 Å². The number of aliphatic hydroxyl groups excluding tert-OH is 1. The van der Waals surface area contributed by atoms with Crippen molar-refractivity contribution in [3.63, 3.8) is 0 Å². The highest BCUT2D eigenvalue weighted by Gasteiger charge is 2.14. The smallest absolute Gasteiger partial charge is 0.137 e. The highest BCUT2D eigenvalue weighted by Crippen LogP contribution is 2.33. The minimum absolute atomic E-state index is 0.489. The van der Waals surface area contributed by atoms with Crippen LogP contribution in [0.1, 0.15) is 36.6 Å². The molecule has 0 aliphatic rings. The van der Waals surface area contributed by atoms with E-state index in [1.54, 1.807) is 11.3 Å². The molecule has 0 bridgehead atoms. The summed E-state index contributed by atoms with van der Waals surface area (Å²) in [7, 11) is 0. The fourth-order valence-electron chi connectivity index (χ4n) is 3.64. The summed E-state index contributed by atoms with van der Waals surface area (Å²) in [6, 6.07) is 10.3. The normalized spacial score (nSPS) is 12.8. The summed E-state index contributed by atoms with van der Waals surface area (Å²) in [5.74, 6) is 0. The zero-order valence-corrected chi connectivity index (χ0v) is 17.1. The second-order valence-electron chi connectivity index (χ2n) is 7.24. The van der Waals surface area contributed by atoms with Crippen molar-refractivity contribution in [1.82, 2.24) is 24.6 Å². The minimum atomic E-state index is -0.489. The van der Waals surface area contributed by atoms with E-state index in [1.807, 2.05) is 31.5 Å². The molecule has 2 N–H and O–H groups in total. The number of aromatic nitrogens is 5. The predicted molar refractivity (Wildman–Crippen MR) is 116 cm³/mol. The van der Waals surface area contributed by atoms with E-state index in [0.717, 1.165) is 61.8 Å². The minimum Gasteiger partial charge on any atom is -0.386 e. The van der Waals surface area contributed by atoms with Crippen molar-refractivity contribution < 1.29 is 5.11 Å². The van der Waals surface area contributed by atoms with Crippen LogP contribution in [0.3, 0.4) is 0 Å². The summed E-state index contributed by atoms with van der Waals surface area (Å²) in [4.78, 5) is 9.17. The molecule has 0 amide bonds. The molecule has 29 heavy (non-hydrogen) atoms. The molecule has 4 heterocycles. The number of rotatable bonds is 5. The van der Waals surface area contributed by atoms with E-state index < -0.39 is 6.10 Å². The monoisotopic (exact) mass is 403 g/mol. The number of nitrogens with one attached hydrogen (secondary N) is 1. The highest BCUT2D eigenvalue weighted by molar-refractivity contribution is 7.18. The van der Waals surface area contributed by atoms with E-state index in [2.05, 4.69) is 55.9 Å². The Morgan fingerprint density at radius 3 is 2.83 bits per heavy atom. The molecule has 1 atom stereocenters. The molecule has 0 radical (unpaired) electrons. The molecule has 1 aromatic carbocycles. The summed E-state index contributed by atoms with van der Waals surface area (Å²) >= 11 is 1.56. The summed E-state index contributed by atoms with van der Waals surface area (Å²) in [6.07, 6.45) is 7.02. The summed E-state index contributed by atoms with van der Waals surface area (Å²) in [5, 5.41) is 18.2. The number of nitrogens with zero attached hydrogens (tertiary/aromatic N) is 4. The summed E-state index contributed by atoms with van der Waals surface area (Å²) in [5.41, 5.74) is 7.13. The van der Waals surface area contributed by atoms with Gasteiger partial charge in [0, 0.05) is 28.6 Å². The lowest BCUT2D eigenvalue weighted by Gasteiger charge is -2.05. The number of aromatic amines is 1. The Kier molecular flexibility index (Phi) is 4.41. The molecule has 6 nitrogen and oxygen atoms in total. The molecule has 0 saturated heterocycles. The zero-order valence-electron chi connectivity index (χ0n) is 16.3. The van der Waals surface area contributed by atoms with Crippen LogP contribution in [0, 0.1) is 6.92 Å². The molecule has 0 aliphatic carbocycles. The Morgan fingerprint density at radius 2 is 2.03 bits per heavy atom. The van der Waals surface area contributed by atoms with Crippen LogP contribution in [-0.2, 0) is 0 Å². The number of hydrogen-bond donors (Lipinski definition) is 2. The molecule has 0 fully saturated rings. The lowest BCUT2D eigenvalue weighted by Crippen LogP contribution is -1.94. The van der Waals surface area contributed by atoms with Crippen molar-refractivity contribution in [2.45, 2.75) is 32.8 Å². The summed E-state index contributed by atoms with van der Waals surface area (Å²) in [6.45, 7) is 4.09. The van der Waals surface area contributed by atoms with Crippen LogP contribution >= 0.6 is 11.3 Å². The average Bonchev–Trinajstić information content (AvgIpc) is 3.44. The molecule has 0 aliphatic heterocycles. The first kappa shape index (κ1) is 18.0. The first-order chi connectivity index (χ1) is 14.1. The van der Waals surface area contributed by atoms with Gasteiger partial charge in [0.1, 0.15) is 16.8 Å². The van der Waals surface area contributed by atoms with Crippen molar-refractivity contribution in [2.24, 2.45) is 0 Å². The first-order valence-corrected chi connectivity index (χ1v) is 10.5. The second-order valence-corrected chi connectivity index (χ2v) is 8.30. The van der Waals surface area contributed by atoms with Gasteiger partial charge in [0.05, 0.1) is 28.3 Å². The van der Waals surface area contributed by atoms with Gasteiger partial charge in [-0.1, -0.05) is 19.4 Å². The lowest BCUT2D eigenvalue weighted by atomic mass is 10.1. The van der Waals surface area contributed by atoms with E-state index in [-0.39, 0.29) is 0 Å². The van der Waals surface area contributed by atoms with Crippen LogP contribution in [0.25, 0.3) is 38.2 Å². The molecule has 4 aromatic heterocycles. The van der Waals surface area contributed by atoms with E-state index in [4.69, 9.17) is 0 Å². The molecule has 5 rings (SSSR count). The Labute approximate surface area is 171 Å². The van der Waals surface area contributed by atoms with Crippen molar-refractivity contribution in [1.29, 1.82) is 0 Å². The van der Waals surface area contributed by atoms with Crippen LogP contribution in [-0.4, -0.2) is 29.7 Å². The predicted octanol–water partition coefficient (Wildman–Crippen LogP) is 5.14.